The number of nitrogens with zero attached hydrogens (tertiary/aromatic N) is 3. The van der Waals surface area contributed by atoms with E-state index >= 15 is 0 Å². The van der Waals surface area contributed by atoms with Crippen LogP contribution in [-0.4, -0.2) is 33.4 Å². The molecule has 1 aromatic carbocycles. The van der Waals surface area contributed by atoms with E-state index in [1.54, 1.807) is 17.0 Å². The van der Waals surface area contributed by atoms with Crippen LogP contribution in [-0.2, 0) is 0 Å². The first-order valence-corrected chi connectivity index (χ1v) is 7.56. The minimum atomic E-state index is -0.766. The van der Waals surface area contributed by atoms with Crippen LogP contribution < -0.4 is 5.73 Å². The SMILES string of the molecule is Cc1cccc(C(=O)N2CCCC2c2nc(C(N)=O)no2)c1Cl. The fourth-order valence-electron chi connectivity index (χ4n) is 2.70. The molecule has 2 heterocycles. The van der Waals surface area contributed by atoms with Crippen molar-refractivity contribution in [3.05, 3.63) is 46.1 Å². The molecule has 1 unspecified atom stereocenters. The summed E-state index contributed by atoms with van der Waals surface area (Å²) < 4.78 is 5.09. The van der Waals surface area contributed by atoms with Gasteiger partial charge in [-0.15, -0.1) is 0 Å². The minimum Gasteiger partial charge on any atom is -0.363 e. The van der Waals surface area contributed by atoms with E-state index in [9.17, 15) is 9.59 Å². The zero-order valence-electron chi connectivity index (χ0n) is 12.5. The highest BCUT2D eigenvalue weighted by atomic mass is 35.5. The summed E-state index contributed by atoms with van der Waals surface area (Å²) >= 11 is 6.25. The normalized spacial score (nSPS) is 17.5. The number of nitrogens with two attached hydrogens (primary N) is 1. The fraction of sp³-hybridized carbons (Fsp3) is 0.333. The van der Waals surface area contributed by atoms with E-state index < -0.39 is 5.91 Å². The standard InChI is InChI=1S/C15H15ClN4O3/c1-8-4-2-5-9(11(8)16)15(22)20-7-3-6-10(20)14-18-13(12(17)21)19-23-14/h2,4-5,10H,3,6-7H2,1H3,(H2,17,21). The van der Waals surface area contributed by atoms with E-state index in [0.717, 1.165) is 12.0 Å². The van der Waals surface area contributed by atoms with Crippen molar-refractivity contribution in [2.75, 3.05) is 6.54 Å². The molecule has 0 bridgehead atoms. The van der Waals surface area contributed by atoms with Gasteiger partial charge in [-0.25, -0.2) is 0 Å². The summed E-state index contributed by atoms with van der Waals surface area (Å²) in [5.74, 6) is -0.932. The second-order valence-electron chi connectivity index (χ2n) is 5.41. The molecule has 23 heavy (non-hydrogen) atoms. The van der Waals surface area contributed by atoms with E-state index in [2.05, 4.69) is 10.1 Å². The molecule has 0 aliphatic carbocycles. The van der Waals surface area contributed by atoms with Gasteiger partial charge in [-0.1, -0.05) is 28.9 Å². The van der Waals surface area contributed by atoms with Crippen molar-refractivity contribution >= 4 is 23.4 Å². The highest BCUT2D eigenvalue weighted by molar-refractivity contribution is 6.34. The van der Waals surface area contributed by atoms with Crippen LogP contribution in [0.2, 0.25) is 5.02 Å². The molecule has 120 valence electrons. The fourth-order valence-corrected chi connectivity index (χ4v) is 2.91. The molecule has 7 nitrogen and oxygen atoms in total. The number of halogens is 1. The van der Waals surface area contributed by atoms with Crippen molar-refractivity contribution < 1.29 is 14.1 Å². The molecule has 1 aliphatic rings. The lowest BCUT2D eigenvalue weighted by molar-refractivity contribution is 0.0710. The number of carbonyl (C=O) groups excluding carboxylic acids is 2. The van der Waals surface area contributed by atoms with Gasteiger partial charge in [-0.3, -0.25) is 9.59 Å². The minimum absolute atomic E-state index is 0.187. The predicted molar refractivity (Wildman–Crippen MR) is 82.0 cm³/mol. The van der Waals surface area contributed by atoms with Crippen LogP contribution in [0.25, 0.3) is 0 Å². The maximum atomic E-state index is 12.8. The number of likely N-dealkylation sites (tertiary alicyclic amines) is 1. The molecular weight excluding hydrogens is 320 g/mol. The van der Waals surface area contributed by atoms with E-state index in [1.165, 1.54) is 0 Å². The van der Waals surface area contributed by atoms with E-state index in [0.29, 0.717) is 23.6 Å². The first-order chi connectivity index (χ1) is 11.0. The summed E-state index contributed by atoms with van der Waals surface area (Å²) in [5.41, 5.74) is 6.40. The van der Waals surface area contributed by atoms with Crippen molar-refractivity contribution in [1.82, 2.24) is 15.0 Å². The van der Waals surface area contributed by atoms with Gasteiger partial charge in [-0.2, -0.15) is 4.98 Å². The summed E-state index contributed by atoms with van der Waals surface area (Å²) in [4.78, 5) is 29.5. The van der Waals surface area contributed by atoms with Crippen LogP contribution in [0.4, 0.5) is 0 Å². The lowest BCUT2D eigenvalue weighted by atomic mass is 10.1. The molecule has 8 heteroatoms. The molecule has 1 fully saturated rings. The van der Waals surface area contributed by atoms with Crippen LogP contribution in [0.3, 0.4) is 0 Å². The van der Waals surface area contributed by atoms with Crippen molar-refractivity contribution in [1.29, 1.82) is 0 Å². The van der Waals surface area contributed by atoms with Gasteiger partial charge in [0, 0.05) is 6.54 Å². The number of hydrogen-bond donors (Lipinski definition) is 1. The Balaban J connectivity index is 1.90. The Morgan fingerprint density at radius 3 is 2.91 bits per heavy atom. The highest BCUT2D eigenvalue weighted by Gasteiger charge is 2.35. The molecule has 1 aliphatic heterocycles. The molecule has 0 spiro atoms. The third-order valence-corrected chi connectivity index (χ3v) is 4.38. The third kappa shape index (κ3) is 2.79. The maximum absolute atomic E-state index is 12.8. The van der Waals surface area contributed by atoms with E-state index in [-0.39, 0.29) is 23.7 Å². The summed E-state index contributed by atoms with van der Waals surface area (Å²) in [6.07, 6.45) is 1.48. The number of amides is 2. The summed E-state index contributed by atoms with van der Waals surface area (Å²) in [6.45, 7) is 2.40. The van der Waals surface area contributed by atoms with Crippen LogP contribution in [0, 0.1) is 6.92 Å². The summed E-state index contributed by atoms with van der Waals surface area (Å²) in [7, 11) is 0. The third-order valence-electron chi connectivity index (χ3n) is 3.88. The highest BCUT2D eigenvalue weighted by Crippen LogP contribution is 2.33. The molecule has 0 radical (unpaired) electrons. The zero-order chi connectivity index (χ0) is 16.6. The van der Waals surface area contributed by atoms with Crippen LogP contribution >= 0.6 is 11.6 Å². The zero-order valence-corrected chi connectivity index (χ0v) is 13.2. The first-order valence-electron chi connectivity index (χ1n) is 7.18. The van der Waals surface area contributed by atoms with Gasteiger partial charge in [0.15, 0.2) is 0 Å². The molecule has 2 N–H and O–H groups in total. The number of primary amides is 1. The monoisotopic (exact) mass is 334 g/mol. The van der Waals surface area contributed by atoms with E-state index in [4.69, 9.17) is 21.9 Å². The number of carbonyl (C=O) groups is 2. The Labute approximate surface area is 137 Å². The molecule has 2 aromatic rings. The molecule has 0 saturated carbocycles. The van der Waals surface area contributed by atoms with Crippen molar-refractivity contribution in [3.63, 3.8) is 0 Å². The van der Waals surface area contributed by atoms with Gasteiger partial charge in [0.25, 0.3) is 17.6 Å². The second-order valence-corrected chi connectivity index (χ2v) is 5.79. The quantitative estimate of drug-likeness (QED) is 0.926. The Hall–Kier alpha value is -2.41. The van der Waals surface area contributed by atoms with E-state index in [1.807, 2.05) is 13.0 Å². The lowest BCUT2D eigenvalue weighted by Gasteiger charge is -2.22. The van der Waals surface area contributed by atoms with Gasteiger partial charge in [0.2, 0.25) is 5.89 Å². The largest absolute Gasteiger partial charge is 0.363 e. The molecule has 2 amide bonds. The van der Waals surface area contributed by atoms with Gasteiger partial charge in [-0.05, 0) is 31.4 Å². The Bertz CT molecular complexity index is 774. The first kappa shape index (κ1) is 15.5. The summed E-state index contributed by atoms with van der Waals surface area (Å²) in [5, 5.41) is 3.97. The molecule has 1 saturated heterocycles. The average molecular weight is 335 g/mol. The van der Waals surface area contributed by atoms with Crippen LogP contribution in [0.1, 0.15) is 51.3 Å². The number of aryl methyl sites for hydroxylation is 1. The number of rotatable bonds is 3. The topological polar surface area (TPSA) is 102 Å². The van der Waals surface area contributed by atoms with Crippen molar-refractivity contribution in [2.24, 2.45) is 5.73 Å². The lowest BCUT2D eigenvalue weighted by Crippen LogP contribution is -2.31. The van der Waals surface area contributed by atoms with Gasteiger partial charge in [0.05, 0.1) is 10.6 Å². The predicted octanol–water partition coefficient (Wildman–Crippen LogP) is 2.11. The average Bonchev–Trinajstić information content (AvgIpc) is 3.17. The van der Waals surface area contributed by atoms with Crippen molar-refractivity contribution in [2.45, 2.75) is 25.8 Å². The molecular formula is C15H15ClN4O3. The number of benzene rings is 1. The number of aromatic nitrogens is 2. The second kappa shape index (κ2) is 6.00. The van der Waals surface area contributed by atoms with Gasteiger partial charge >= 0.3 is 0 Å². The summed E-state index contributed by atoms with van der Waals surface area (Å²) in [6, 6.07) is 4.95. The van der Waals surface area contributed by atoms with Crippen molar-refractivity contribution in [3.8, 4) is 0 Å². The maximum Gasteiger partial charge on any atom is 0.290 e. The Morgan fingerprint density at radius 1 is 1.43 bits per heavy atom. The van der Waals surface area contributed by atoms with Gasteiger partial charge < -0.3 is 15.2 Å². The molecule has 1 atom stereocenters. The molecule has 1 aromatic heterocycles. The Kier molecular flexibility index (Phi) is 4.04. The smallest absolute Gasteiger partial charge is 0.290 e. The van der Waals surface area contributed by atoms with Crippen LogP contribution in [0.5, 0.6) is 0 Å². The van der Waals surface area contributed by atoms with Gasteiger partial charge in [0.1, 0.15) is 6.04 Å². The molecule has 3 rings (SSSR count). The van der Waals surface area contributed by atoms with Crippen LogP contribution in [0.15, 0.2) is 22.7 Å². The Morgan fingerprint density at radius 2 is 2.22 bits per heavy atom. The number of hydrogen-bond acceptors (Lipinski definition) is 5.